The van der Waals surface area contributed by atoms with Gasteiger partial charge in [-0.2, -0.15) is 5.10 Å². The van der Waals surface area contributed by atoms with Gasteiger partial charge in [0.1, 0.15) is 0 Å². The third kappa shape index (κ3) is 3.10. The van der Waals surface area contributed by atoms with E-state index in [1.807, 2.05) is 43.7 Å². The molecule has 1 aliphatic rings. The maximum Gasteiger partial charge on any atom is 0.256 e. The van der Waals surface area contributed by atoms with Crippen LogP contribution < -0.4 is 11.1 Å². The van der Waals surface area contributed by atoms with E-state index >= 15 is 0 Å². The Labute approximate surface area is 158 Å². The molecule has 27 heavy (non-hydrogen) atoms. The van der Waals surface area contributed by atoms with E-state index in [0.717, 1.165) is 53.9 Å². The third-order valence-corrected chi connectivity index (χ3v) is 5.27. The lowest BCUT2D eigenvalue weighted by atomic mass is 10.1. The molecule has 3 aromatic rings. The van der Waals surface area contributed by atoms with Gasteiger partial charge in [0.2, 0.25) is 0 Å². The van der Waals surface area contributed by atoms with E-state index < -0.39 is 0 Å². The summed E-state index contributed by atoms with van der Waals surface area (Å²) in [7, 11) is 0. The molecule has 2 aromatic heterocycles. The van der Waals surface area contributed by atoms with Crippen molar-refractivity contribution in [1.29, 1.82) is 0 Å². The molecule has 1 unspecified atom stereocenters. The predicted octanol–water partition coefficient (Wildman–Crippen LogP) is 3.00. The van der Waals surface area contributed by atoms with Gasteiger partial charge in [-0.05, 0) is 62.4 Å². The largest absolute Gasteiger partial charge is 0.327 e. The molecule has 3 N–H and O–H groups in total. The molecule has 0 spiro atoms. The van der Waals surface area contributed by atoms with Crippen LogP contribution in [0.1, 0.15) is 46.7 Å². The zero-order valence-corrected chi connectivity index (χ0v) is 16.0. The summed E-state index contributed by atoms with van der Waals surface area (Å²) in [6.07, 6.45) is 2.53. The van der Waals surface area contributed by atoms with Gasteiger partial charge in [0, 0.05) is 24.0 Å². The SMILES string of the molecule is CCc1cc(C(=O)Nc2ccc3c(c2)CC(N)C3)c2c(C)nn(CC)c2n1. The number of carbonyl (C=O) groups is 1. The van der Waals surface area contributed by atoms with Gasteiger partial charge in [-0.3, -0.25) is 4.79 Å². The second-order valence-electron chi connectivity index (χ2n) is 7.22. The highest BCUT2D eigenvalue weighted by molar-refractivity contribution is 6.12. The molecule has 6 heteroatoms. The third-order valence-electron chi connectivity index (χ3n) is 5.27. The molecule has 1 aromatic carbocycles. The molecule has 1 aliphatic carbocycles. The van der Waals surface area contributed by atoms with Crippen LogP contribution in [0.15, 0.2) is 24.3 Å². The van der Waals surface area contributed by atoms with Gasteiger partial charge in [-0.1, -0.05) is 13.0 Å². The van der Waals surface area contributed by atoms with E-state index in [9.17, 15) is 4.79 Å². The Hall–Kier alpha value is -2.73. The van der Waals surface area contributed by atoms with Gasteiger partial charge in [0.25, 0.3) is 5.91 Å². The average molecular weight is 363 g/mol. The molecule has 0 fully saturated rings. The second kappa shape index (κ2) is 6.78. The molecule has 0 saturated heterocycles. The first-order valence-electron chi connectivity index (χ1n) is 9.55. The molecule has 1 atom stereocenters. The Kier molecular flexibility index (Phi) is 4.44. The van der Waals surface area contributed by atoms with Crippen LogP contribution in [0.25, 0.3) is 11.0 Å². The van der Waals surface area contributed by atoms with E-state index in [0.29, 0.717) is 5.56 Å². The van der Waals surface area contributed by atoms with E-state index in [-0.39, 0.29) is 11.9 Å². The number of nitrogens with two attached hydrogens (primary N) is 1. The molecule has 4 rings (SSSR count). The Bertz CT molecular complexity index is 1040. The highest BCUT2D eigenvalue weighted by Gasteiger charge is 2.21. The lowest BCUT2D eigenvalue weighted by Crippen LogP contribution is -2.19. The average Bonchev–Trinajstić information content (AvgIpc) is 3.19. The molecule has 1 amide bonds. The zero-order valence-electron chi connectivity index (χ0n) is 16.0. The molecule has 0 saturated carbocycles. The smallest absolute Gasteiger partial charge is 0.256 e. The van der Waals surface area contributed by atoms with Crippen molar-refractivity contribution in [2.75, 3.05) is 5.32 Å². The number of hydrogen-bond acceptors (Lipinski definition) is 4. The number of hydrogen-bond donors (Lipinski definition) is 2. The van der Waals surface area contributed by atoms with Gasteiger partial charge < -0.3 is 11.1 Å². The number of anilines is 1. The quantitative estimate of drug-likeness (QED) is 0.746. The van der Waals surface area contributed by atoms with E-state index in [1.165, 1.54) is 11.1 Å². The number of rotatable bonds is 4. The number of carbonyl (C=O) groups excluding carboxylic acids is 1. The van der Waals surface area contributed by atoms with E-state index in [1.54, 1.807) is 0 Å². The van der Waals surface area contributed by atoms with Crippen molar-refractivity contribution < 1.29 is 4.79 Å². The fourth-order valence-corrected chi connectivity index (χ4v) is 3.91. The molecule has 140 valence electrons. The minimum absolute atomic E-state index is 0.127. The summed E-state index contributed by atoms with van der Waals surface area (Å²) in [4.78, 5) is 17.8. The Morgan fingerprint density at radius 1 is 1.26 bits per heavy atom. The molecule has 2 heterocycles. The number of pyridine rings is 1. The number of aryl methyl sites for hydroxylation is 3. The summed E-state index contributed by atoms with van der Waals surface area (Å²) in [5.41, 5.74) is 12.5. The standard InChI is InChI=1S/C21H25N5O/c1-4-16-11-18(19-12(3)25-26(5-2)20(19)23-16)21(27)24-17-7-6-13-8-15(22)9-14(13)10-17/h6-7,10-11,15H,4-5,8-9,22H2,1-3H3,(H,24,27). The summed E-state index contributed by atoms with van der Waals surface area (Å²) in [6, 6.07) is 8.13. The van der Waals surface area contributed by atoms with Crippen molar-refractivity contribution in [3.63, 3.8) is 0 Å². The first kappa shape index (κ1) is 17.7. The summed E-state index contributed by atoms with van der Waals surface area (Å²) in [6.45, 7) is 6.71. The fraction of sp³-hybridized carbons (Fsp3) is 0.381. The molecular weight excluding hydrogens is 338 g/mol. The van der Waals surface area contributed by atoms with Gasteiger partial charge in [-0.15, -0.1) is 0 Å². The first-order chi connectivity index (χ1) is 13.0. The van der Waals surface area contributed by atoms with Crippen LogP contribution >= 0.6 is 0 Å². The highest BCUT2D eigenvalue weighted by Crippen LogP contribution is 2.27. The fourth-order valence-electron chi connectivity index (χ4n) is 3.91. The van der Waals surface area contributed by atoms with Crippen LogP contribution in [0.3, 0.4) is 0 Å². The zero-order chi connectivity index (χ0) is 19.1. The first-order valence-corrected chi connectivity index (χ1v) is 9.55. The monoisotopic (exact) mass is 363 g/mol. The van der Waals surface area contributed by atoms with Crippen molar-refractivity contribution in [2.24, 2.45) is 5.73 Å². The maximum absolute atomic E-state index is 13.1. The lowest BCUT2D eigenvalue weighted by molar-refractivity contribution is 0.102. The van der Waals surface area contributed by atoms with Crippen molar-refractivity contribution in [1.82, 2.24) is 14.8 Å². The van der Waals surface area contributed by atoms with Crippen molar-refractivity contribution >= 4 is 22.6 Å². The number of nitrogens with one attached hydrogen (secondary N) is 1. The summed E-state index contributed by atoms with van der Waals surface area (Å²) in [5, 5.41) is 8.43. The number of amides is 1. The van der Waals surface area contributed by atoms with Crippen molar-refractivity contribution in [3.05, 3.63) is 52.3 Å². The van der Waals surface area contributed by atoms with Crippen LogP contribution in [0.2, 0.25) is 0 Å². The van der Waals surface area contributed by atoms with Gasteiger partial charge in [0.05, 0.1) is 16.6 Å². The van der Waals surface area contributed by atoms with E-state index in [4.69, 9.17) is 10.7 Å². The topological polar surface area (TPSA) is 85.8 Å². The minimum atomic E-state index is -0.127. The summed E-state index contributed by atoms with van der Waals surface area (Å²) < 4.78 is 1.86. The molecular formula is C21H25N5O. The van der Waals surface area contributed by atoms with Gasteiger partial charge in [0.15, 0.2) is 5.65 Å². The predicted molar refractivity (Wildman–Crippen MR) is 107 cm³/mol. The number of aromatic nitrogens is 3. The Morgan fingerprint density at radius 2 is 2.04 bits per heavy atom. The van der Waals surface area contributed by atoms with Crippen LogP contribution in [-0.2, 0) is 25.8 Å². The highest BCUT2D eigenvalue weighted by atomic mass is 16.1. The Morgan fingerprint density at radius 3 is 2.78 bits per heavy atom. The lowest BCUT2D eigenvalue weighted by Gasteiger charge is -2.10. The maximum atomic E-state index is 13.1. The van der Waals surface area contributed by atoms with Crippen LogP contribution in [0.4, 0.5) is 5.69 Å². The second-order valence-corrected chi connectivity index (χ2v) is 7.22. The number of nitrogens with zero attached hydrogens (tertiary/aromatic N) is 3. The van der Waals surface area contributed by atoms with Gasteiger partial charge in [-0.25, -0.2) is 9.67 Å². The number of fused-ring (bicyclic) bond motifs is 2. The molecule has 6 nitrogen and oxygen atoms in total. The van der Waals surface area contributed by atoms with Crippen molar-refractivity contribution in [2.45, 2.75) is 52.6 Å². The number of benzene rings is 1. The van der Waals surface area contributed by atoms with Crippen LogP contribution in [0, 0.1) is 6.92 Å². The molecule has 0 aliphatic heterocycles. The van der Waals surface area contributed by atoms with E-state index in [2.05, 4.69) is 16.5 Å². The van der Waals surface area contributed by atoms with Crippen molar-refractivity contribution in [3.8, 4) is 0 Å². The minimum Gasteiger partial charge on any atom is -0.327 e. The molecule has 0 bridgehead atoms. The molecule has 0 radical (unpaired) electrons. The summed E-state index contributed by atoms with van der Waals surface area (Å²) in [5.74, 6) is -0.127. The Balaban J connectivity index is 1.73. The summed E-state index contributed by atoms with van der Waals surface area (Å²) >= 11 is 0. The van der Waals surface area contributed by atoms with Gasteiger partial charge >= 0.3 is 0 Å². The van der Waals surface area contributed by atoms with Crippen LogP contribution in [0.5, 0.6) is 0 Å². The van der Waals surface area contributed by atoms with Crippen LogP contribution in [-0.4, -0.2) is 26.7 Å². The normalized spacial score (nSPS) is 15.9.